The Labute approximate surface area is 87.8 Å². The van der Waals surface area contributed by atoms with Crippen molar-refractivity contribution >= 4 is 5.97 Å². The highest BCUT2D eigenvalue weighted by molar-refractivity contribution is 5.86. The van der Waals surface area contributed by atoms with Crippen LogP contribution in [0.5, 0.6) is 0 Å². The van der Waals surface area contributed by atoms with Gasteiger partial charge in [0.05, 0.1) is 7.11 Å². The number of aliphatic hydroxyl groups is 1. The van der Waals surface area contributed by atoms with Crippen LogP contribution in [0.1, 0.15) is 36.1 Å². The summed E-state index contributed by atoms with van der Waals surface area (Å²) in [7, 11) is 1.30. The number of furan rings is 1. The standard InChI is InChI=1S/C11H14O4/c1-7-5-11(13,6-7)9-4-3-8(15-9)10(12)14-2/h3-4,7,13H,5-6H2,1-2H3. The molecule has 0 aliphatic heterocycles. The Morgan fingerprint density at radius 1 is 1.60 bits per heavy atom. The van der Waals surface area contributed by atoms with Gasteiger partial charge in [0.15, 0.2) is 0 Å². The van der Waals surface area contributed by atoms with Crippen LogP contribution >= 0.6 is 0 Å². The average molecular weight is 210 g/mol. The molecule has 4 heteroatoms. The van der Waals surface area contributed by atoms with Crippen LogP contribution in [0.2, 0.25) is 0 Å². The molecule has 1 fully saturated rings. The quantitative estimate of drug-likeness (QED) is 0.754. The fraction of sp³-hybridized carbons (Fsp3) is 0.545. The SMILES string of the molecule is COC(=O)c1ccc(C2(O)CC(C)C2)o1. The molecule has 4 nitrogen and oxygen atoms in total. The molecule has 1 saturated carbocycles. The van der Waals surface area contributed by atoms with Crippen LogP contribution in [-0.4, -0.2) is 18.2 Å². The summed E-state index contributed by atoms with van der Waals surface area (Å²) >= 11 is 0. The van der Waals surface area contributed by atoms with Gasteiger partial charge in [0.2, 0.25) is 5.76 Å². The number of ether oxygens (including phenoxy) is 1. The number of carbonyl (C=O) groups excluding carboxylic acids is 1. The van der Waals surface area contributed by atoms with Crippen LogP contribution < -0.4 is 0 Å². The van der Waals surface area contributed by atoms with Gasteiger partial charge in [-0.25, -0.2) is 4.79 Å². The van der Waals surface area contributed by atoms with E-state index in [9.17, 15) is 9.90 Å². The van der Waals surface area contributed by atoms with E-state index in [0.717, 1.165) is 0 Å². The number of esters is 1. The monoisotopic (exact) mass is 210 g/mol. The summed E-state index contributed by atoms with van der Waals surface area (Å²) in [6, 6.07) is 3.17. The van der Waals surface area contributed by atoms with E-state index in [2.05, 4.69) is 11.7 Å². The number of methoxy groups -OCH3 is 1. The first-order valence-electron chi connectivity index (χ1n) is 4.96. The summed E-state index contributed by atoms with van der Waals surface area (Å²) in [5.41, 5.74) is -0.883. The molecule has 1 aromatic rings. The van der Waals surface area contributed by atoms with E-state index in [4.69, 9.17) is 4.42 Å². The zero-order chi connectivity index (χ0) is 11.1. The lowest BCUT2D eigenvalue weighted by Crippen LogP contribution is -2.39. The zero-order valence-electron chi connectivity index (χ0n) is 8.82. The lowest BCUT2D eigenvalue weighted by molar-refractivity contribution is -0.0898. The Morgan fingerprint density at radius 3 is 2.80 bits per heavy atom. The molecule has 1 aliphatic rings. The summed E-state index contributed by atoms with van der Waals surface area (Å²) in [4.78, 5) is 11.1. The van der Waals surface area contributed by atoms with Crippen molar-refractivity contribution in [2.75, 3.05) is 7.11 Å². The van der Waals surface area contributed by atoms with Crippen molar-refractivity contribution in [2.24, 2.45) is 5.92 Å². The minimum absolute atomic E-state index is 0.139. The fourth-order valence-corrected chi connectivity index (χ4v) is 2.09. The summed E-state index contributed by atoms with van der Waals surface area (Å²) < 4.78 is 9.79. The lowest BCUT2D eigenvalue weighted by atomic mass is 9.71. The molecule has 1 heterocycles. The molecule has 2 rings (SSSR count). The zero-order valence-corrected chi connectivity index (χ0v) is 8.82. The Bertz CT molecular complexity index is 374. The third kappa shape index (κ3) is 1.65. The molecule has 15 heavy (non-hydrogen) atoms. The summed E-state index contributed by atoms with van der Waals surface area (Å²) in [6.45, 7) is 2.07. The van der Waals surface area contributed by atoms with Gasteiger partial charge in [-0.2, -0.15) is 0 Å². The van der Waals surface area contributed by atoms with E-state index in [1.54, 1.807) is 6.07 Å². The van der Waals surface area contributed by atoms with E-state index in [1.807, 2.05) is 0 Å². The minimum Gasteiger partial charge on any atom is -0.463 e. The molecular weight excluding hydrogens is 196 g/mol. The van der Waals surface area contributed by atoms with Crippen LogP contribution in [0.15, 0.2) is 16.5 Å². The number of hydrogen-bond acceptors (Lipinski definition) is 4. The third-order valence-corrected chi connectivity index (χ3v) is 2.82. The molecule has 1 aliphatic carbocycles. The Morgan fingerprint density at radius 2 is 2.27 bits per heavy atom. The first kappa shape index (κ1) is 10.2. The number of rotatable bonds is 2. The maximum absolute atomic E-state index is 11.1. The van der Waals surface area contributed by atoms with Gasteiger partial charge < -0.3 is 14.3 Å². The van der Waals surface area contributed by atoms with Gasteiger partial charge in [-0.1, -0.05) is 6.92 Å². The average Bonchev–Trinajstić information content (AvgIpc) is 2.63. The van der Waals surface area contributed by atoms with Crippen LogP contribution in [0.25, 0.3) is 0 Å². The van der Waals surface area contributed by atoms with Gasteiger partial charge in [-0.3, -0.25) is 0 Å². The molecule has 82 valence electrons. The van der Waals surface area contributed by atoms with Crippen molar-refractivity contribution in [1.82, 2.24) is 0 Å². The molecule has 0 amide bonds. The summed E-state index contributed by atoms with van der Waals surface area (Å²) in [6.07, 6.45) is 1.36. The van der Waals surface area contributed by atoms with Crippen molar-refractivity contribution in [2.45, 2.75) is 25.4 Å². The van der Waals surface area contributed by atoms with E-state index in [0.29, 0.717) is 24.5 Å². The predicted molar refractivity (Wildman–Crippen MR) is 52.3 cm³/mol. The van der Waals surface area contributed by atoms with E-state index in [1.165, 1.54) is 13.2 Å². The molecule has 0 saturated heterocycles. The number of hydrogen-bond donors (Lipinski definition) is 1. The maximum atomic E-state index is 11.1. The van der Waals surface area contributed by atoms with Crippen molar-refractivity contribution in [3.63, 3.8) is 0 Å². The molecule has 0 aromatic carbocycles. The first-order valence-corrected chi connectivity index (χ1v) is 4.96. The molecule has 0 bridgehead atoms. The van der Waals surface area contributed by atoms with Crippen molar-refractivity contribution in [1.29, 1.82) is 0 Å². The molecular formula is C11H14O4. The number of carbonyl (C=O) groups is 1. The summed E-state index contributed by atoms with van der Waals surface area (Å²) in [5.74, 6) is 0.584. The van der Waals surface area contributed by atoms with Crippen molar-refractivity contribution in [3.8, 4) is 0 Å². The molecule has 1 N–H and O–H groups in total. The van der Waals surface area contributed by atoms with Gasteiger partial charge in [0, 0.05) is 0 Å². The molecule has 0 radical (unpaired) electrons. The highest BCUT2D eigenvalue weighted by Crippen LogP contribution is 2.45. The molecule has 0 atom stereocenters. The Hall–Kier alpha value is -1.29. The van der Waals surface area contributed by atoms with Gasteiger partial charge in [0.1, 0.15) is 11.4 Å². The highest BCUT2D eigenvalue weighted by atomic mass is 16.5. The van der Waals surface area contributed by atoms with Crippen LogP contribution in [0, 0.1) is 5.92 Å². The van der Waals surface area contributed by atoms with Gasteiger partial charge in [0.25, 0.3) is 0 Å². The topological polar surface area (TPSA) is 59.7 Å². The summed E-state index contributed by atoms with van der Waals surface area (Å²) in [5, 5.41) is 10.1. The predicted octanol–water partition coefficient (Wildman–Crippen LogP) is 1.68. The maximum Gasteiger partial charge on any atom is 0.373 e. The van der Waals surface area contributed by atoms with Crippen molar-refractivity contribution in [3.05, 3.63) is 23.7 Å². The van der Waals surface area contributed by atoms with E-state index < -0.39 is 11.6 Å². The van der Waals surface area contributed by atoms with Crippen molar-refractivity contribution < 1.29 is 19.1 Å². The second-order valence-corrected chi connectivity index (χ2v) is 4.20. The van der Waals surface area contributed by atoms with E-state index >= 15 is 0 Å². The molecule has 0 unspecified atom stereocenters. The fourth-order valence-electron chi connectivity index (χ4n) is 2.09. The smallest absolute Gasteiger partial charge is 0.373 e. The third-order valence-electron chi connectivity index (χ3n) is 2.82. The second-order valence-electron chi connectivity index (χ2n) is 4.20. The highest BCUT2D eigenvalue weighted by Gasteiger charge is 2.44. The van der Waals surface area contributed by atoms with Crippen LogP contribution in [0.4, 0.5) is 0 Å². The first-order chi connectivity index (χ1) is 7.05. The Balaban J connectivity index is 2.17. The van der Waals surface area contributed by atoms with E-state index in [-0.39, 0.29) is 5.76 Å². The van der Waals surface area contributed by atoms with Gasteiger partial charge >= 0.3 is 5.97 Å². The normalized spacial score (nSPS) is 29.7. The molecule has 1 aromatic heterocycles. The molecule has 0 spiro atoms. The lowest BCUT2D eigenvalue weighted by Gasteiger charge is -2.40. The largest absolute Gasteiger partial charge is 0.463 e. The minimum atomic E-state index is -0.883. The second kappa shape index (κ2) is 3.38. The van der Waals surface area contributed by atoms with Gasteiger partial charge in [-0.15, -0.1) is 0 Å². The van der Waals surface area contributed by atoms with Gasteiger partial charge in [-0.05, 0) is 30.9 Å². The van der Waals surface area contributed by atoms with Crippen LogP contribution in [0.3, 0.4) is 0 Å². The Kier molecular flexibility index (Phi) is 2.31. The van der Waals surface area contributed by atoms with Crippen LogP contribution in [-0.2, 0) is 10.3 Å².